The van der Waals surface area contributed by atoms with Crippen molar-refractivity contribution in [2.24, 2.45) is 5.92 Å². The molecule has 0 N–H and O–H groups in total. The second kappa shape index (κ2) is 6.05. The molecule has 1 heterocycles. The summed E-state index contributed by atoms with van der Waals surface area (Å²) in [6.07, 6.45) is 0. The van der Waals surface area contributed by atoms with Gasteiger partial charge in [-0.15, -0.1) is 0 Å². The highest BCUT2D eigenvalue weighted by atomic mass is 127. The Bertz CT molecular complexity index is 681. The molecular formula is C17H15IO3. The zero-order valence-corrected chi connectivity index (χ0v) is 13.8. The third kappa shape index (κ3) is 3.05. The Kier molecular flexibility index (Phi) is 4.14. The summed E-state index contributed by atoms with van der Waals surface area (Å²) in [5.41, 5.74) is 1.33. The first-order chi connectivity index (χ1) is 10.1. The third-order valence-electron chi connectivity index (χ3n) is 3.37. The number of hydrogen-bond acceptors (Lipinski definition) is 3. The van der Waals surface area contributed by atoms with E-state index in [1.807, 2.05) is 30.3 Å². The van der Waals surface area contributed by atoms with Crippen LogP contribution in [0.4, 0.5) is 0 Å². The van der Waals surface area contributed by atoms with Crippen LogP contribution in [0, 0.1) is 9.49 Å². The maximum Gasteiger partial charge on any atom is 0.194 e. The van der Waals surface area contributed by atoms with Gasteiger partial charge < -0.3 is 9.47 Å². The van der Waals surface area contributed by atoms with E-state index in [-0.39, 0.29) is 5.78 Å². The number of fused-ring (bicyclic) bond motifs is 1. The van der Waals surface area contributed by atoms with Gasteiger partial charge in [0, 0.05) is 20.6 Å². The first kappa shape index (κ1) is 14.4. The van der Waals surface area contributed by atoms with E-state index in [0.717, 1.165) is 3.57 Å². The van der Waals surface area contributed by atoms with Crippen LogP contribution in [-0.2, 0) is 0 Å². The number of ketones is 1. The van der Waals surface area contributed by atoms with Crippen molar-refractivity contribution >= 4 is 28.4 Å². The number of halogens is 1. The van der Waals surface area contributed by atoms with E-state index in [4.69, 9.17) is 9.47 Å². The minimum absolute atomic E-state index is 0.00342. The first-order valence-electron chi connectivity index (χ1n) is 6.84. The molecule has 3 nitrogen and oxygen atoms in total. The minimum Gasteiger partial charge on any atom is -0.489 e. The van der Waals surface area contributed by atoms with Gasteiger partial charge in [0.05, 0.1) is 13.2 Å². The maximum atomic E-state index is 12.6. The van der Waals surface area contributed by atoms with Crippen LogP contribution >= 0.6 is 22.6 Å². The lowest BCUT2D eigenvalue weighted by Gasteiger charge is -2.09. The van der Waals surface area contributed by atoms with E-state index in [0.29, 0.717) is 41.8 Å². The number of rotatable bonds is 2. The summed E-state index contributed by atoms with van der Waals surface area (Å²) in [7, 11) is 0. The minimum atomic E-state index is 0.00342. The zero-order valence-electron chi connectivity index (χ0n) is 11.6. The molecule has 1 atom stereocenters. The van der Waals surface area contributed by atoms with Crippen molar-refractivity contribution in [2.45, 2.75) is 6.92 Å². The molecule has 1 aliphatic rings. The standard InChI is InChI=1S/C17H15IO3/c1-11-9-20-15-7-6-12(8-16(15)21-10-11)17(19)13-4-2-3-5-14(13)18/h2-8,11H,9-10H2,1H3. The summed E-state index contributed by atoms with van der Waals surface area (Å²) >= 11 is 2.18. The Morgan fingerprint density at radius 2 is 1.81 bits per heavy atom. The van der Waals surface area contributed by atoms with Crippen molar-refractivity contribution in [3.05, 3.63) is 57.2 Å². The predicted molar refractivity (Wildman–Crippen MR) is 89.2 cm³/mol. The smallest absolute Gasteiger partial charge is 0.194 e. The highest BCUT2D eigenvalue weighted by Crippen LogP contribution is 2.32. The van der Waals surface area contributed by atoms with Crippen molar-refractivity contribution in [3.63, 3.8) is 0 Å². The molecule has 0 spiro atoms. The Labute approximate surface area is 137 Å². The van der Waals surface area contributed by atoms with Gasteiger partial charge in [0.25, 0.3) is 0 Å². The molecule has 1 aliphatic heterocycles. The highest BCUT2D eigenvalue weighted by Gasteiger charge is 2.18. The third-order valence-corrected chi connectivity index (χ3v) is 4.31. The Morgan fingerprint density at radius 3 is 2.57 bits per heavy atom. The number of carbonyl (C=O) groups is 1. The number of hydrogen-bond donors (Lipinski definition) is 0. The van der Waals surface area contributed by atoms with Gasteiger partial charge in [0.15, 0.2) is 17.3 Å². The van der Waals surface area contributed by atoms with Crippen LogP contribution < -0.4 is 9.47 Å². The lowest BCUT2D eigenvalue weighted by molar-refractivity contribution is 0.103. The molecule has 0 amide bonds. The Balaban J connectivity index is 1.94. The average molecular weight is 394 g/mol. The quantitative estimate of drug-likeness (QED) is 0.572. The molecular weight excluding hydrogens is 379 g/mol. The fourth-order valence-corrected chi connectivity index (χ4v) is 2.83. The van der Waals surface area contributed by atoms with Gasteiger partial charge in [0.2, 0.25) is 0 Å². The van der Waals surface area contributed by atoms with Gasteiger partial charge in [-0.05, 0) is 52.9 Å². The van der Waals surface area contributed by atoms with Gasteiger partial charge in [-0.25, -0.2) is 0 Å². The van der Waals surface area contributed by atoms with E-state index in [1.165, 1.54) is 0 Å². The fourth-order valence-electron chi connectivity index (χ4n) is 2.19. The van der Waals surface area contributed by atoms with Crippen LogP contribution in [0.1, 0.15) is 22.8 Å². The lowest BCUT2D eigenvalue weighted by Crippen LogP contribution is -2.12. The summed E-state index contributed by atoms with van der Waals surface area (Å²) in [6, 6.07) is 13.0. The summed E-state index contributed by atoms with van der Waals surface area (Å²) in [5.74, 6) is 1.70. The van der Waals surface area contributed by atoms with Crippen LogP contribution in [0.25, 0.3) is 0 Å². The highest BCUT2D eigenvalue weighted by molar-refractivity contribution is 14.1. The number of ether oxygens (including phenoxy) is 2. The maximum absolute atomic E-state index is 12.6. The monoisotopic (exact) mass is 394 g/mol. The Morgan fingerprint density at radius 1 is 1.10 bits per heavy atom. The van der Waals surface area contributed by atoms with E-state index >= 15 is 0 Å². The van der Waals surface area contributed by atoms with E-state index in [1.54, 1.807) is 12.1 Å². The molecule has 0 aliphatic carbocycles. The molecule has 108 valence electrons. The summed E-state index contributed by atoms with van der Waals surface area (Å²) in [6.45, 7) is 3.31. The van der Waals surface area contributed by atoms with Crippen LogP contribution in [0.15, 0.2) is 42.5 Å². The molecule has 21 heavy (non-hydrogen) atoms. The molecule has 0 aromatic heterocycles. The first-order valence-corrected chi connectivity index (χ1v) is 7.92. The summed E-state index contributed by atoms with van der Waals surface area (Å²) in [4.78, 5) is 12.6. The predicted octanol–water partition coefficient (Wildman–Crippen LogP) is 3.93. The van der Waals surface area contributed by atoms with Crippen LogP contribution in [0.2, 0.25) is 0 Å². The normalized spacial score (nSPS) is 17.1. The molecule has 1 unspecified atom stereocenters. The molecule has 0 saturated carbocycles. The average Bonchev–Trinajstić information content (AvgIpc) is 2.69. The second-order valence-electron chi connectivity index (χ2n) is 5.20. The zero-order chi connectivity index (χ0) is 14.8. The van der Waals surface area contributed by atoms with E-state index < -0.39 is 0 Å². The van der Waals surface area contributed by atoms with E-state index in [9.17, 15) is 4.79 Å². The van der Waals surface area contributed by atoms with Crippen molar-refractivity contribution in [1.29, 1.82) is 0 Å². The van der Waals surface area contributed by atoms with Crippen molar-refractivity contribution in [1.82, 2.24) is 0 Å². The Hall–Kier alpha value is -1.56. The van der Waals surface area contributed by atoms with Gasteiger partial charge in [-0.2, -0.15) is 0 Å². The topological polar surface area (TPSA) is 35.5 Å². The summed E-state index contributed by atoms with van der Waals surface area (Å²) in [5, 5.41) is 0. The van der Waals surface area contributed by atoms with E-state index in [2.05, 4.69) is 29.5 Å². The van der Waals surface area contributed by atoms with Crippen molar-refractivity contribution < 1.29 is 14.3 Å². The molecule has 0 radical (unpaired) electrons. The van der Waals surface area contributed by atoms with Gasteiger partial charge in [-0.1, -0.05) is 19.1 Å². The van der Waals surface area contributed by atoms with Gasteiger partial charge in [0.1, 0.15) is 0 Å². The van der Waals surface area contributed by atoms with Crippen LogP contribution in [0.3, 0.4) is 0 Å². The van der Waals surface area contributed by atoms with Gasteiger partial charge >= 0.3 is 0 Å². The fraction of sp³-hybridized carbons (Fsp3) is 0.235. The molecule has 0 bridgehead atoms. The molecule has 2 aromatic rings. The summed E-state index contributed by atoms with van der Waals surface area (Å²) < 4.78 is 12.4. The second-order valence-corrected chi connectivity index (χ2v) is 6.36. The molecule has 4 heteroatoms. The van der Waals surface area contributed by atoms with Gasteiger partial charge in [-0.3, -0.25) is 4.79 Å². The molecule has 2 aromatic carbocycles. The number of carbonyl (C=O) groups excluding carboxylic acids is 1. The number of benzene rings is 2. The molecule has 0 fully saturated rings. The van der Waals surface area contributed by atoms with Crippen LogP contribution in [-0.4, -0.2) is 19.0 Å². The molecule has 3 rings (SSSR count). The SMILES string of the molecule is CC1COc2ccc(C(=O)c3ccccc3I)cc2OC1. The largest absolute Gasteiger partial charge is 0.489 e. The molecule has 0 saturated heterocycles. The van der Waals surface area contributed by atoms with Crippen molar-refractivity contribution in [3.8, 4) is 11.5 Å². The van der Waals surface area contributed by atoms with Crippen LogP contribution in [0.5, 0.6) is 11.5 Å². The van der Waals surface area contributed by atoms with Crippen molar-refractivity contribution in [2.75, 3.05) is 13.2 Å². The lowest BCUT2D eigenvalue weighted by atomic mass is 10.0.